The summed E-state index contributed by atoms with van der Waals surface area (Å²) < 4.78 is 0. The van der Waals surface area contributed by atoms with Crippen LogP contribution in [0.25, 0.3) is 0 Å². The minimum atomic E-state index is 0.541. The highest BCUT2D eigenvalue weighted by molar-refractivity contribution is 5.02. The Morgan fingerprint density at radius 2 is 2.15 bits per heavy atom. The summed E-state index contributed by atoms with van der Waals surface area (Å²) in [7, 11) is 0. The third-order valence-corrected chi connectivity index (χ3v) is 4.32. The molecule has 0 aliphatic heterocycles. The number of nitrogens with two attached hydrogens (primary N) is 1. The zero-order valence-corrected chi connectivity index (χ0v) is 9.05. The summed E-state index contributed by atoms with van der Waals surface area (Å²) in [5, 5.41) is 0. The van der Waals surface area contributed by atoms with Crippen molar-refractivity contribution in [3.05, 3.63) is 0 Å². The zero-order valence-electron chi connectivity index (χ0n) is 9.05. The van der Waals surface area contributed by atoms with Crippen LogP contribution >= 0.6 is 0 Å². The van der Waals surface area contributed by atoms with E-state index in [0.717, 1.165) is 24.3 Å². The molecule has 0 aromatic rings. The van der Waals surface area contributed by atoms with Crippen molar-refractivity contribution in [2.24, 2.45) is 28.9 Å². The van der Waals surface area contributed by atoms with E-state index in [-0.39, 0.29) is 0 Å². The van der Waals surface area contributed by atoms with Gasteiger partial charge in [0.05, 0.1) is 0 Å². The summed E-state index contributed by atoms with van der Waals surface area (Å²) in [5.74, 6) is 3.15. The van der Waals surface area contributed by atoms with Crippen molar-refractivity contribution in [1.82, 2.24) is 0 Å². The van der Waals surface area contributed by atoms with E-state index >= 15 is 0 Å². The fourth-order valence-corrected chi connectivity index (χ4v) is 2.81. The van der Waals surface area contributed by atoms with Crippen LogP contribution in [0.4, 0.5) is 0 Å². The van der Waals surface area contributed by atoms with Gasteiger partial charge in [0.25, 0.3) is 0 Å². The predicted molar refractivity (Wildman–Crippen MR) is 56.4 cm³/mol. The molecule has 2 saturated carbocycles. The van der Waals surface area contributed by atoms with Gasteiger partial charge in [0, 0.05) is 0 Å². The van der Waals surface area contributed by atoms with Crippen molar-refractivity contribution >= 4 is 0 Å². The van der Waals surface area contributed by atoms with Crippen LogP contribution in [-0.2, 0) is 0 Å². The molecular weight excluding hydrogens is 158 g/mol. The molecule has 0 bridgehead atoms. The topological polar surface area (TPSA) is 26.0 Å². The molecule has 2 N–H and O–H groups in total. The van der Waals surface area contributed by atoms with Crippen LogP contribution in [0.1, 0.15) is 46.0 Å². The Labute approximate surface area is 82.1 Å². The molecule has 0 amide bonds. The van der Waals surface area contributed by atoms with E-state index in [1.807, 2.05) is 0 Å². The van der Waals surface area contributed by atoms with Crippen LogP contribution in [0.2, 0.25) is 0 Å². The summed E-state index contributed by atoms with van der Waals surface area (Å²) in [5.41, 5.74) is 6.29. The molecule has 0 spiro atoms. The second kappa shape index (κ2) is 3.27. The molecule has 1 nitrogen and oxygen atoms in total. The fourth-order valence-electron chi connectivity index (χ4n) is 2.81. The Morgan fingerprint density at radius 3 is 2.69 bits per heavy atom. The first-order chi connectivity index (χ1) is 6.19. The summed E-state index contributed by atoms with van der Waals surface area (Å²) in [6.45, 7) is 5.56. The first-order valence-corrected chi connectivity index (χ1v) is 5.89. The Balaban J connectivity index is 1.66. The van der Waals surface area contributed by atoms with E-state index in [4.69, 9.17) is 5.73 Å². The Bertz CT molecular complexity index is 190. The molecule has 2 aliphatic carbocycles. The van der Waals surface area contributed by atoms with Gasteiger partial charge in [-0.2, -0.15) is 0 Å². The maximum absolute atomic E-state index is 5.75. The molecular formula is C12H23N. The minimum Gasteiger partial charge on any atom is -0.330 e. The number of rotatable bonds is 5. The van der Waals surface area contributed by atoms with Crippen molar-refractivity contribution in [2.75, 3.05) is 6.54 Å². The van der Waals surface area contributed by atoms with Crippen LogP contribution < -0.4 is 5.73 Å². The lowest BCUT2D eigenvalue weighted by Gasteiger charge is -2.06. The lowest BCUT2D eigenvalue weighted by atomic mass is 10.0. The Hall–Kier alpha value is -0.0400. The highest BCUT2D eigenvalue weighted by Crippen LogP contribution is 2.59. The van der Waals surface area contributed by atoms with Gasteiger partial charge in [0.2, 0.25) is 0 Å². The van der Waals surface area contributed by atoms with Crippen LogP contribution in [0, 0.1) is 23.2 Å². The molecule has 1 heteroatoms. The standard InChI is InChI=1S/C12H23N/c1-3-4-9-5-10(9)6-11-7-12(11,2)8-13/h9-11H,3-8,13H2,1-2H3/t9?,10?,11?,12-/m1/s1. The van der Waals surface area contributed by atoms with Gasteiger partial charge < -0.3 is 5.73 Å². The number of hydrogen-bond donors (Lipinski definition) is 1. The molecule has 2 aliphatic rings. The summed E-state index contributed by atoms with van der Waals surface area (Å²) in [6.07, 6.45) is 7.25. The van der Waals surface area contributed by atoms with Crippen molar-refractivity contribution < 1.29 is 0 Å². The van der Waals surface area contributed by atoms with Crippen molar-refractivity contribution in [3.8, 4) is 0 Å². The highest BCUT2D eigenvalue weighted by atomic mass is 14.7. The zero-order chi connectivity index (χ0) is 9.47. The second-order valence-electron chi connectivity index (χ2n) is 5.54. The molecule has 0 saturated heterocycles. The monoisotopic (exact) mass is 181 g/mol. The lowest BCUT2D eigenvalue weighted by molar-refractivity contribution is 0.462. The van der Waals surface area contributed by atoms with Crippen LogP contribution in [0.3, 0.4) is 0 Å². The largest absolute Gasteiger partial charge is 0.330 e. The molecule has 13 heavy (non-hydrogen) atoms. The molecule has 0 aromatic carbocycles. The molecule has 76 valence electrons. The van der Waals surface area contributed by atoms with E-state index in [0.29, 0.717) is 5.41 Å². The van der Waals surface area contributed by atoms with Gasteiger partial charge in [-0.25, -0.2) is 0 Å². The van der Waals surface area contributed by atoms with Gasteiger partial charge in [-0.1, -0.05) is 26.7 Å². The average molecular weight is 181 g/mol. The minimum absolute atomic E-state index is 0.541. The maximum Gasteiger partial charge on any atom is -0.00204 e. The van der Waals surface area contributed by atoms with Gasteiger partial charge in [-0.15, -0.1) is 0 Å². The predicted octanol–water partition coefficient (Wildman–Crippen LogP) is 2.80. The maximum atomic E-state index is 5.75. The summed E-state index contributed by atoms with van der Waals surface area (Å²) in [4.78, 5) is 0. The Kier molecular flexibility index (Phi) is 2.39. The first kappa shape index (κ1) is 9.51. The van der Waals surface area contributed by atoms with E-state index in [9.17, 15) is 0 Å². The van der Waals surface area contributed by atoms with Crippen LogP contribution in [0.15, 0.2) is 0 Å². The normalized spacial score (nSPS) is 47.8. The van der Waals surface area contributed by atoms with Gasteiger partial charge >= 0.3 is 0 Å². The van der Waals surface area contributed by atoms with E-state index in [2.05, 4.69) is 13.8 Å². The van der Waals surface area contributed by atoms with Gasteiger partial charge in [0.1, 0.15) is 0 Å². The van der Waals surface area contributed by atoms with E-state index in [1.165, 1.54) is 32.1 Å². The second-order valence-corrected chi connectivity index (χ2v) is 5.54. The fraction of sp³-hybridized carbons (Fsp3) is 1.00. The quantitative estimate of drug-likeness (QED) is 0.693. The Morgan fingerprint density at radius 1 is 1.38 bits per heavy atom. The molecule has 0 radical (unpaired) electrons. The molecule has 4 atom stereocenters. The third kappa shape index (κ3) is 1.90. The average Bonchev–Trinajstić information content (AvgIpc) is 2.96. The van der Waals surface area contributed by atoms with Crippen molar-refractivity contribution in [1.29, 1.82) is 0 Å². The highest BCUT2D eigenvalue weighted by Gasteiger charge is 2.52. The van der Waals surface area contributed by atoms with E-state index in [1.54, 1.807) is 0 Å². The third-order valence-electron chi connectivity index (χ3n) is 4.32. The molecule has 0 aromatic heterocycles. The van der Waals surface area contributed by atoms with Crippen molar-refractivity contribution in [2.45, 2.75) is 46.0 Å². The first-order valence-electron chi connectivity index (χ1n) is 5.89. The van der Waals surface area contributed by atoms with Gasteiger partial charge in [-0.3, -0.25) is 0 Å². The molecule has 0 heterocycles. The molecule has 2 rings (SSSR count). The van der Waals surface area contributed by atoms with Crippen LogP contribution in [-0.4, -0.2) is 6.54 Å². The summed E-state index contributed by atoms with van der Waals surface area (Å²) in [6, 6.07) is 0. The van der Waals surface area contributed by atoms with Crippen LogP contribution in [0.5, 0.6) is 0 Å². The van der Waals surface area contributed by atoms with E-state index < -0.39 is 0 Å². The SMILES string of the molecule is CCCC1CC1CC1C[C@]1(C)CN. The van der Waals surface area contributed by atoms with Gasteiger partial charge in [0.15, 0.2) is 0 Å². The molecule has 3 unspecified atom stereocenters. The number of hydrogen-bond acceptors (Lipinski definition) is 1. The van der Waals surface area contributed by atoms with Gasteiger partial charge in [-0.05, 0) is 49.0 Å². The smallest absolute Gasteiger partial charge is 0.00204 e. The lowest BCUT2D eigenvalue weighted by Crippen LogP contribution is -2.14. The van der Waals surface area contributed by atoms with Crippen molar-refractivity contribution in [3.63, 3.8) is 0 Å². The molecule has 2 fully saturated rings. The summed E-state index contributed by atoms with van der Waals surface area (Å²) >= 11 is 0.